The molecule has 1 aliphatic rings. The molecule has 1 aromatic heterocycles. The van der Waals surface area contributed by atoms with Gasteiger partial charge in [-0.3, -0.25) is 0 Å². The van der Waals surface area contributed by atoms with Crippen LogP contribution in [-0.2, 0) is 6.42 Å². The molecule has 2 heterocycles. The Balaban J connectivity index is 1.86. The van der Waals surface area contributed by atoms with Gasteiger partial charge in [-0.25, -0.2) is 4.98 Å². The smallest absolute Gasteiger partial charge is 0.0954 e. The summed E-state index contributed by atoms with van der Waals surface area (Å²) in [6, 6.07) is 6.93. The fraction of sp³-hybridized carbons (Fsp3) is 0.417. The third kappa shape index (κ3) is 2.14. The van der Waals surface area contributed by atoms with Gasteiger partial charge in [-0.1, -0.05) is 15.9 Å². The van der Waals surface area contributed by atoms with E-state index in [9.17, 15) is 0 Å². The van der Waals surface area contributed by atoms with Crippen molar-refractivity contribution in [2.75, 3.05) is 6.54 Å². The quantitative estimate of drug-likeness (QED) is 0.919. The highest BCUT2D eigenvalue weighted by atomic mass is 79.9. The SMILES string of the molecule is Brc1ccc2nc(CC3CCCN3)sc2c1. The summed E-state index contributed by atoms with van der Waals surface area (Å²) in [4.78, 5) is 4.68. The van der Waals surface area contributed by atoms with Gasteiger partial charge in [0, 0.05) is 16.9 Å². The minimum atomic E-state index is 0.643. The summed E-state index contributed by atoms with van der Waals surface area (Å²) in [5.41, 5.74) is 1.13. The maximum Gasteiger partial charge on any atom is 0.0954 e. The number of nitrogens with zero attached hydrogens (tertiary/aromatic N) is 1. The van der Waals surface area contributed by atoms with E-state index in [2.05, 4.69) is 44.4 Å². The Morgan fingerprint density at radius 1 is 1.50 bits per heavy atom. The van der Waals surface area contributed by atoms with Gasteiger partial charge in [-0.2, -0.15) is 0 Å². The van der Waals surface area contributed by atoms with Crippen LogP contribution in [-0.4, -0.2) is 17.6 Å². The maximum atomic E-state index is 4.68. The van der Waals surface area contributed by atoms with Crippen LogP contribution in [0.15, 0.2) is 22.7 Å². The normalized spacial score (nSPS) is 20.7. The molecule has 0 aliphatic carbocycles. The van der Waals surface area contributed by atoms with Crippen molar-refractivity contribution in [1.82, 2.24) is 10.3 Å². The first kappa shape index (κ1) is 10.7. The summed E-state index contributed by atoms with van der Waals surface area (Å²) in [6.07, 6.45) is 3.68. The van der Waals surface area contributed by atoms with Gasteiger partial charge >= 0.3 is 0 Å². The van der Waals surface area contributed by atoms with Gasteiger partial charge in [0.25, 0.3) is 0 Å². The Hall–Kier alpha value is -0.450. The molecule has 1 unspecified atom stereocenters. The van der Waals surface area contributed by atoms with Crippen molar-refractivity contribution >= 4 is 37.5 Å². The molecular formula is C12H13BrN2S. The summed E-state index contributed by atoms with van der Waals surface area (Å²) >= 11 is 5.31. The lowest BCUT2D eigenvalue weighted by atomic mass is 10.2. The van der Waals surface area contributed by atoms with Crippen molar-refractivity contribution in [3.63, 3.8) is 0 Å². The Bertz CT molecular complexity index is 503. The molecule has 1 aliphatic heterocycles. The van der Waals surface area contributed by atoms with E-state index in [1.165, 1.54) is 29.1 Å². The Morgan fingerprint density at radius 3 is 3.25 bits per heavy atom. The zero-order chi connectivity index (χ0) is 11.0. The van der Waals surface area contributed by atoms with Crippen LogP contribution in [0.25, 0.3) is 10.2 Å². The fourth-order valence-electron chi connectivity index (χ4n) is 2.18. The number of nitrogens with one attached hydrogen (secondary N) is 1. The minimum Gasteiger partial charge on any atom is -0.314 e. The Labute approximate surface area is 107 Å². The average molecular weight is 297 g/mol. The van der Waals surface area contributed by atoms with Crippen LogP contribution in [0.4, 0.5) is 0 Å². The highest BCUT2D eigenvalue weighted by Crippen LogP contribution is 2.26. The molecule has 0 saturated carbocycles. The standard InChI is InChI=1S/C12H13BrN2S/c13-8-3-4-10-11(6-8)16-12(15-10)7-9-2-1-5-14-9/h3-4,6,9,14H,1-2,5,7H2. The number of rotatable bonds is 2. The van der Waals surface area contributed by atoms with Crippen LogP contribution in [0, 0.1) is 0 Å². The molecule has 1 fully saturated rings. The number of hydrogen-bond donors (Lipinski definition) is 1. The van der Waals surface area contributed by atoms with E-state index in [1.54, 1.807) is 0 Å². The predicted molar refractivity (Wildman–Crippen MR) is 72.0 cm³/mol. The summed E-state index contributed by atoms with van der Waals surface area (Å²) in [5, 5.41) is 4.78. The van der Waals surface area contributed by atoms with Gasteiger partial charge < -0.3 is 5.32 Å². The van der Waals surface area contributed by atoms with Crippen LogP contribution < -0.4 is 5.32 Å². The minimum absolute atomic E-state index is 0.643. The number of aromatic nitrogens is 1. The molecule has 0 radical (unpaired) electrons. The van der Waals surface area contributed by atoms with E-state index >= 15 is 0 Å². The summed E-state index contributed by atoms with van der Waals surface area (Å²) in [7, 11) is 0. The van der Waals surface area contributed by atoms with E-state index < -0.39 is 0 Å². The highest BCUT2D eigenvalue weighted by molar-refractivity contribution is 9.10. The van der Waals surface area contributed by atoms with Crippen molar-refractivity contribution in [3.05, 3.63) is 27.7 Å². The second kappa shape index (κ2) is 4.43. The van der Waals surface area contributed by atoms with Gasteiger partial charge in [0.2, 0.25) is 0 Å². The highest BCUT2D eigenvalue weighted by Gasteiger charge is 2.16. The van der Waals surface area contributed by atoms with Crippen LogP contribution in [0.1, 0.15) is 17.8 Å². The van der Waals surface area contributed by atoms with Gasteiger partial charge in [0.05, 0.1) is 15.2 Å². The first-order valence-corrected chi connectivity index (χ1v) is 7.20. The van der Waals surface area contributed by atoms with E-state index in [1.807, 2.05) is 11.3 Å². The molecule has 1 saturated heterocycles. The third-order valence-electron chi connectivity index (χ3n) is 2.98. The van der Waals surface area contributed by atoms with Crippen LogP contribution in [0.5, 0.6) is 0 Å². The second-order valence-corrected chi connectivity index (χ2v) is 6.25. The van der Waals surface area contributed by atoms with Crippen molar-refractivity contribution in [1.29, 1.82) is 0 Å². The largest absolute Gasteiger partial charge is 0.314 e. The lowest BCUT2D eigenvalue weighted by Gasteiger charge is -2.05. The lowest BCUT2D eigenvalue weighted by Crippen LogP contribution is -2.23. The zero-order valence-corrected chi connectivity index (χ0v) is 11.3. The van der Waals surface area contributed by atoms with E-state index in [0.717, 1.165) is 16.4 Å². The van der Waals surface area contributed by atoms with Gasteiger partial charge in [0.15, 0.2) is 0 Å². The lowest BCUT2D eigenvalue weighted by molar-refractivity contribution is 0.602. The van der Waals surface area contributed by atoms with Crippen LogP contribution in [0.3, 0.4) is 0 Å². The molecule has 4 heteroatoms. The number of hydrogen-bond acceptors (Lipinski definition) is 3. The van der Waals surface area contributed by atoms with E-state index in [4.69, 9.17) is 0 Å². The van der Waals surface area contributed by atoms with Gasteiger partial charge in [-0.05, 0) is 37.6 Å². The average Bonchev–Trinajstić information content (AvgIpc) is 2.86. The van der Waals surface area contributed by atoms with Crippen LogP contribution in [0.2, 0.25) is 0 Å². The monoisotopic (exact) mass is 296 g/mol. The molecule has 16 heavy (non-hydrogen) atoms. The maximum absolute atomic E-state index is 4.68. The van der Waals surface area contributed by atoms with Gasteiger partial charge in [-0.15, -0.1) is 11.3 Å². The molecular weight excluding hydrogens is 284 g/mol. The molecule has 0 amide bonds. The summed E-state index contributed by atoms with van der Waals surface area (Å²) in [6.45, 7) is 1.17. The van der Waals surface area contributed by atoms with E-state index in [-0.39, 0.29) is 0 Å². The molecule has 1 aromatic carbocycles. The molecule has 2 nitrogen and oxygen atoms in total. The first-order chi connectivity index (χ1) is 7.81. The predicted octanol–water partition coefficient (Wildman–Crippen LogP) is 3.35. The summed E-state index contributed by atoms with van der Waals surface area (Å²) in [5.74, 6) is 0. The first-order valence-electron chi connectivity index (χ1n) is 5.59. The molecule has 84 valence electrons. The Kier molecular flexibility index (Phi) is 2.96. The molecule has 2 aromatic rings. The van der Waals surface area contributed by atoms with Crippen LogP contribution >= 0.6 is 27.3 Å². The fourth-order valence-corrected chi connectivity index (χ4v) is 3.77. The molecule has 0 spiro atoms. The summed E-state index contributed by atoms with van der Waals surface area (Å²) < 4.78 is 2.41. The number of halogens is 1. The zero-order valence-electron chi connectivity index (χ0n) is 8.87. The second-order valence-electron chi connectivity index (χ2n) is 4.22. The number of benzene rings is 1. The number of thiazole rings is 1. The van der Waals surface area contributed by atoms with Crippen molar-refractivity contribution in [2.45, 2.75) is 25.3 Å². The molecule has 3 rings (SSSR count). The van der Waals surface area contributed by atoms with Crippen molar-refractivity contribution in [3.8, 4) is 0 Å². The molecule has 1 atom stereocenters. The third-order valence-corrected chi connectivity index (χ3v) is 4.51. The van der Waals surface area contributed by atoms with E-state index in [0.29, 0.717) is 6.04 Å². The van der Waals surface area contributed by atoms with Gasteiger partial charge in [0.1, 0.15) is 0 Å². The van der Waals surface area contributed by atoms with Crippen molar-refractivity contribution in [2.24, 2.45) is 0 Å². The van der Waals surface area contributed by atoms with Crippen molar-refractivity contribution < 1.29 is 0 Å². The number of fused-ring (bicyclic) bond motifs is 1. The molecule has 1 N–H and O–H groups in total. The topological polar surface area (TPSA) is 24.9 Å². The molecule has 0 bridgehead atoms. The Morgan fingerprint density at radius 2 is 2.44 bits per heavy atom.